The molecule has 0 aromatic heterocycles. The van der Waals surface area contributed by atoms with Gasteiger partial charge in [-0.25, -0.2) is 0 Å². The van der Waals surface area contributed by atoms with Crippen LogP contribution in [0.1, 0.15) is 33.1 Å². The zero-order chi connectivity index (χ0) is 6.95. The number of unbranched alkanes of at least 4 members (excludes halogenated alkanes) is 1. The van der Waals surface area contributed by atoms with Crippen molar-refractivity contribution >= 4 is 6.21 Å². The second kappa shape index (κ2) is 7.41. The van der Waals surface area contributed by atoms with E-state index in [0.717, 1.165) is 12.8 Å². The molecule has 1 heteroatoms. The van der Waals surface area contributed by atoms with Crippen molar-refractivity contribution in [3.8, 4) is 0 Å². The van der Waals surface area contributed by atoms with Crippen LogP contribution in [0, 0.1) is 0 Å². The lowest BCUT2D eigenvalue weighted by Gasteiger charge is -1.79. The molecule has 1 nitrogen and oxygen atoms in total. The highest BCUT2D eigenvalue weighted by atomic mass is 14.7. The molecule has 0 saturated heterocycles. The summed E-state index contributed by atoms with van der Waals surface area (Å²) in [5.41, 5.74) is 0. The van der Waals surface area contributed by atoms with Gasteiger partial charge in [-0.05, 0) is 12.8 Å². The Morgan fingerprint density at radius 2 is 2.11 bits per heavy atom. The molecule has 0 aliphatic heterocycles. The SMILES string of the molecule is CC/C=C\N=CCCC. The average Bonchev–Trinajstić information content (AvgIpc) is 1.89. The first-order chi connectivity index (χ1) is 4.41. The molecule has 0 atom stereocenters. The molecule has 0 aromatic carbocycles. The quantitative estimate of drug-likeness (QED) is 0.512. The van der Waals surface area contributed by atoms with Crippen molar-refractivity contribution < 1.29 is 0 Å². The number of hydrogen-bond donors (Lipinski definition) is 0. The summed E-state index contributed by atoms with van der Waals surface area (Å²) in [5.74, 6) is 0. The maximum absolute atomic E-state index is 4.05. The summed E-state index contributed by atoms with van der Waals surface area (Å²) in [5, 5.41) is 0. The van der Waals surface area contributed by atoms with Crippen LogP contribution >= 0.6 is 0 Å². The van der Waals surface area contributed by atoms with Gasteiger partial charge in [0.2, 0.25) is 0 Å². The molecule has 0 aliphatic carbocycles. The van der Waals surface area contributed by atoms with Crippen molar-refractivity contribution in [1.29, 1.82) is 0 Å². The number of nitrogens with zero attached hydrogens (tertiary/aromatic N) is 1. The molecule has 0 saturated carbocycles. The van der Waals surface area contributed by atoms with Crippen LogP contribution in [0.15, 0.2) is 17.3 Å². The summed E-state index contributed by atoms with van der Waals surface area (Å²) >= 11 is 0. The highest BCUT2D eigenvalue weighted by Gasteiger charge is 1.69. The van der Waals surface area contributed by atoms with E-state index in [1.165, 1.54) is 6.42 Å². The van der Waals surface area contributed by atoms with Gasteiger partial charge in [-0.1, -0.05) is 26.3 Å². The summed E-state index contributed by atoms with van der Waals surface area (Å²) in [6, 6.07) is 0. The molecule has 0 bridgehead atoms. The lowest BCUT2D eigenvalue weighted by molar-refractivity contribution is 1.01. The average molecular weight is 125 g/mol. The van der Waals surface area contributed by atoms with E-state index in [4.69, 9.17) is 0 Å². The van der Waals surface area contributed by atoms with E-state index in [1.807, 2.05) is 18.5 Å². The van der Waals surface area contributed by atoms with Crippen molar-refractivity contribution in [2.24, 2.45) is 4.99 Å². The Bertz CT molecular complexity index is 92.7. The number of aliphatic imine (C=N–C) groups is 1. The highest BCUT2D eigenvalue weighted by Crippen LogP contribution is 1.83. The highest BCUT2D eigenvalue weighted by molar-refractivity contribution is 5.57. The van der Waals surface area contributed by atoms with Gasteiger partial charge in [0.15, 0.2) is 0 Å². The minimum atomic E-state index is 1.07. The first-order valence-corrected chi connectivity index (χ1v) is 3.58. The normalized spacial score (nSPS) is 11.8. The van der Waals surface area contributed by atoms with Crippen LogP contribution in [-0.2, 0) is 0 Å². The number of hydrogen-bond acceptors (Lipinski definition) is 1. The molecule has 0 rings (SSSR count). The lowest BCUT2D eigenvalue weighted by atomic mass is 10.4. The van der Waals surface area contributed by atoms with Crippen LogP contribution in [0.5, 0.6) is 0 Å². The third-order valence-electron chi connectivity index (χ3n) is 0.950. The zero-order valence-electron chi connectivity index (χ0n) is 6.30. The maximum Gasteiger partial charge on any atom is 0.0223 e. The van der Waals surface area contributed by atoms with Gasteiger partial charge in [0, 0.05) is 12.4 Å². The van der Waals surface area contributed by atoms with Gasteiger partial charge >= 0.3 is 0 Å². The summed E-state index contributed by atoms with van der Waals surface area (Å²) < 4.78 is 0. The second-order valence-electron chi connectivity index (χ2n) is 1.91. The first kappa shape index (κ1) is 8.41. The Morgan fingerprint density at radius 1 is 1.33 bits per heavy atom. The smallest absolute Gasteiger partial charge is 0.0223 e. The minimum Gasteiger partial charge on any atom is -0.269 e. The van der Waals surface area contributed by atoms with Crippen molar-refractivity contribution in [2.45, 2.75) is 33.1 Å². The van der Waals surface area contributed by atoms with E-state index in [2.05, 4.69) is 18.8 Å². The van der Waals surface area contributed by atoms with E-state index in [0.29, 0.717) is 0 Å². The van der Waals surface area contributed by atoms with Crippen LogP contribution in [0.3, 0.4) is 0 Å². The largest absolute Gasteiger partial charge is 0.269 e. The lowest BCUT2D eigenvalue weighted by Crippen LogP contribution is -1.68. The first-order valence-electron chi connectivity index (χ1n) is 3.58. The molecule has 0 fully saturated rings. The van der Waals surface area contributed by atoms with Crippen LogP contribution in [0.2, 0.25) is 0 Å². The van der Waals surface area contributed by atoms with Crippen LogP contribution in [0.4, 0.5) is 0 Å². The van der Waals surface area contributed by atoms with Gasteiger partial charge in [-0.3, -0.25) is 4.99 Å². The van der Waals surface area contributed by atoms with Gasteiger partial charge in [-0.15, -0.1) is 0 Å². The van der Waals surface area contributed by atoms with Gasteiger partial charge in [0.1, 0.15) is 0 Å². The molecule has 0 amide bonds. The van der Waals surface area contributed by atoms with Crippen molar-refractivity contribution in [1.82, 2.24) is 0 Å². The van der Waals surface area contributed by atoms with Crippen LogP contribution in [-0.4, -0.2) is 6.21 Å². The zero-order valence-corrected chi connectivity index (χ0v) is 6.30. The fraction of sp³-hybridized carbons (Fsp3) is 0.625. The fourth-order valence-corrected chi connectivity index (χ4v) is 0.431. The maximum atomic E-state index is 4.05. The van der Waals surface area contributed by atoms with Crippen molar-refractivity contribution in [3.63, 3.8) is 0 Å². The third-order valence-corrected chi connectivity index (χ3v) is 0.950. The topological polar surface area (TPSA) is 12.4 Å². The predicted octanol–water partition coefficient (Wildman–Crippen LogP) is 2.78. The van der Waals surface area contributed by atoms with Gasteiger partial charge in [0.05, 0.1) is 0 Å². The van der Waals surface area contributed by atoms with Gasteiger partial charge < -0.3 is 0 Å². The summed E-state index contributed by atoms with van der Waals surface area (Å²) in [4.78, 5) is 4.05. The van der Waals surface area contributed by atoms with Crippen molar-refractivity contribution in [3.05, 3.63) is 12.3 Å². The fourth-order valence-electron chi connectivity index (χ4n) is 0.431. The minimum absolute atomic E-state index is 1.07. The summed E-state index contributed by atoms with van der Waals surface area (Å²) in [6.45, 7) is 4.25. The Balaban J connectivity index is 3.13. The standard InChI is InChI=1S/C8H15N/c1-3-5-7-9-8-6-4-2/h5,7-8H,3-4,6H2,1-2H3/b7-5-,9-8?. The van der Waals surface area contributed by atoms with Crippen LogP contribution in [0.25, 0.3) is 0 Å². The molecule has 0 radical (unpaired) electrons. The molecule has 9 heavy (non-hydrogen) atoms. The number of rotatable bonds is 4. The van der Waals surface area contributed by atoms with Crippen molar-refractivity contribution in [2.75, 3.05) is 0 Å². The van der Waals surface area contributed by atoms with E-state index < -0.39 is 0 Å². The van der Waals surface area contributed by atoms with E-state index in [1.54, 1.807) is 0 Å². The Morgan fingerprint density at radius 3 is 2.67 bits per heavy atom. The Hall–Kier alpha value is -0.590. The Labute approximate surface area is 57.5 Å². The molecule has 0 aromatic rings. The van der Waals surface area contributed by atoms with E-state index >= 15 is 0 Å². The third kappa shape index (κ3) is 7.41. The molecule has 0 heterocycles. The van der Waals surface area contributed by atoms with Gasteiger partial charge in [0.25, 0.3) is 0 Å². The number of allylic oxidation sites excluding steroid dienone is 1. The molecule has 0 unspecified atom stereocenters. The molecule has 0 aliphatic rings. The molecule has 52 valence electrons. The van der Waals surface area contributed by atoms with Gasteiger partial charge in [-0.2, -0.15) is 0 Å². The predicted molar refractivity (Wildman–Crippen MR) is 42.8 cm³/mol. The van der Waals surface area contributed by atoms with E-state index in [9.17, 15) is 0 Å². The molecular formula is C8H15N. The molecule has 0 N–H and O–H groups in total. The second-order valence-corrected chi connectivity index (χ2v) is 1.91. The molecular weight excluding hydrogens is 110 g/mol. The Kier molecular flexibility index (Phi) is 6.92. The van der Waals surface area contributed by atoms with Crippen LogP contribution < -0.4 is 0 Å². The summed E-state index contributed by atoms with van der Waals surface area (Å²) in [6.07, 6.45) is 9.20. The summed E-state index contributed by atoms with van der Waals surface area (Å²) in [7, 11) is 0. The monoisotopic (exact) mass is 125 g/mol. The molecule has 0 spiro atoms. The van der Waals surface area contributed by atoms with E-state index in [-0.39, 0.29) is 0 Å².